The van der Waals surface area contributed by atoms with E-state index in [4.69, 9.17) is 0 Å². The number of carbonyl (C=O) groups excluding carboxylic acids is 1. The molecule has 0 amide bonds. The second kappa shape index (κ2) is 5.74. The van der Waals surface area contributed by atoms with Crippen LogP contribution in [0.25, 0.3) is 0 Å². The Labute approximate surface area is 107 Å². The van der Waals surface area contributed by atoms with Crippen LogP contribution in [0.2, 0.25) is 0 Å². The number of aromatic nitrogens is 1. The third-order valence-corrected chi connectivity index (χ3v) is 4.57. The summed E-state index contributed by atoms with van der Waals surface area (Å²) in [7, 11) is 0. The number of likely N-dealkylation sites (tertiary alicyclic amines) is 1. The Hall–Kier alpha value is -0.740. The number of hydrogen-bond acceptors (Lipinski definition) is 4. The predicted octanol–water partition coefficient (Wildman–Crippen LogP) is 2.68. The number of carbonyl (C=O) groups is 1. The van der Waals surface area contributed by atoms with E-state index in [1.54, 1.807) is 18.3 Å². The highest BCUT2D eigenvalue weighted by Crippen LogP contribution is 2.19. The molecule has 0 aliphatic carbocycles. The van der Waals surface area contributed by atoms with Crippen molar-refractivity contribution in [3.63, 3.8) is 0 Å². The molecule has 1 aromatic rings. The van der Waals surface area contributed by atoms with Gasteiger partial charge in [-0.05, 0) is 32.9 Å². The molecule has 0 radical (unpaired) electrons. The number of nitrogens with zero attached hydrogens (tertiary/aromatic N) is 2. The van der Waals surface area contributed by atoms with Gasteiger partial charge in [-0.15, -0.1) is 11.3 Å². The van der Waals surface area contributed by atoms with Crippen molar-refractivity contribution in [3.05, 3.63) is 15.6 Å². The van der Waals surface area contributed by atoms with E-state index in [2.05, 4.69) is 9.88 Å². The maximum absolute atomic E-state index is 11.3. The van der Waals surface area contributed by atoms with Crippen LogP contribution in [-0.2, 0) is 6.42 Å². The Bertz CT molecular complexity index is 394. The van der Waals surface area contributed by atoms with E-state index >= 15 is 0 Å². The van der Waals surface area contributed by atoms with Crippen LogP contribution in [0.15, 0.2) is 0 Å². The summed E-state index contributed by atoms with van der Waals surface area (Å²) in [5.74, 6) is 0.143. The summed E-state index contributed by atoms with van der Waals surface area (Å²) in [6.07, 6.45) is 5.02. The molecule has 1 aliphatic heterocycles. The number of rotatable bonds is 4. The molecule has 4 heteroatoms. The van der Waals surface area contributed by atoms with Gasteiger partial charge < -0.3 is 4.90 Å². The summed E-state index contributed by atoms with van der Waals surface area (Å²) in [5.41, 5.74) is 0.899. The monoisotopic (exact) mass is 252 g/mol. The quantitative estimate of drug-likeness (QED) is 0.772. The summed E-state index contributed by atoms with van der Waals surface area (Å²) in [4.78, 5) is 19.2. The van der Waals surface area contributed by atoms with Gasteiger partial charge in [0.2, 0.25) is 0 Å². The molecule has 0 saturated carbocycles. The van der Waals surface area contributed by atoms with Crippen LogP contribution >= 0.6 is 11.3 Å². The second-order valence-electron chi connectivity index (χ2n) is 4.73. The first-order valence-electron chi connectivity index (χ1n) is 6.36. The lowest BCUT2D eigenvalue weighted by Gasteiger charge is -2.25. The van der Waals surface area contributed by atoms with Crippen LogP contribution in [0.5, 0.6) is 0 Å². The normalized spacial score (nSPS) is 17.3. The third kappa shape index (κ3) is 3.36. The van der Waals surface area contributed by atoms with E-state index in [0.29, 0.717) is 0 Å². The molecule has 0 aromatic carbocycles. The van der Waals surface area contributed by atoms with Crippen molar-refractivity contribution in [2.75, 3.05) is 19.6 Å². The average Bonchev–Trinajstić information content (AvgIpc) is 2.69. The molecule has 0 unspecified atom stereocenters. The number of hydrogen-bond donors (Lipinski definition) is 0. The van der Waals surface area contributed by atoms with Gasteiger partial charge in [0.05, 0.1) is 15.6 Å². The van der Waals surface area contributed by atoms with Gasteiger partial charge in [-0.2, -0.15) is 0 Å². The van der Waals surface area contributed by atoms with Crippen molar-refractivity contribution < 1.29 is 4.79 Å². The maximum Gasteiger partial charge on any atom is 0.171 e. The number of Topliss-reactive ketones (excluding diaryl/α,β-unsaturated/α-hetero) is 1. The van der Waals surface area contributed by atoms with Crippen LogP contribution in [-0.4, -0.2) is 35.3 Å². The van der Waals surface area contributed by atoms with Crippen molar-refractivity contribution in [1.29, 1.82) is 0 Å². The topological polar surface area (TPSA) is 33.2 Å². The molecule has 1 fully saturated rings. The second-order valence-corrected chi connectivity index (χ2v) is 5.81. The highest BCUT2D eigenvalue weighted by atomic mass is 32.1. The number of thiazole rings is 1. The summed E-state index contributed by atoms with van der Waals surface area (Å²) in [6, 6.07) is 0. The lowest BCUT2D eigenvalue weighted by atomic mass is 10.1. The summed E-state index contributed by atoms with van der Waals surface area (Å²) in [6.45, 7) is 7.09. The Kier molecular flexibility index (Phi) is 4.29. The molecule has 0 spiro atoms. The van der Waals surface area contributed by atoms with E-state index in [1.807, 2.05) is 6.92 Å². The molecule has 1 aromatic heterocycles. The highest BCUT2D eigenvalue weighted by molar-refractivity contribution is 7.13. The fraction of sp³-hybridized carbons (Fsp3) is 0.692. The highest BCUT2D eigenvalue weighted by Gasteiger charge is 2.14. The first-order valence-corrected chi connectivity index (χ1v) is 7.18. The molecule has 0 N–H and O–H groups in total. The first kappa shape index (κ1) is 12.7. The van der Waals surface area contributed by atoms with Crippen LogP contribution in [0.3, 0.4) is 0 Å². The van der Waals surface area contributed by atoms with Crippen LogP contribution < -0.4 is 0 Å². The lowest BCUT2D eigenvalue weighted by molar-refractivity contribution is 0.102. The van der Waals surface area contributed by atoms with E-state index in [1.165, 1.54) is 32.4 Å². The number of aryl methyl sites for hydroxylation is 1. The summed E-state index contributed by atoms with van der Waals surface area (Å²) in [5, 5.41) is 1.11. The van der Waals surface area contributed by atoms with E-state index in [0.717, 1.165) is 28.5 Å². The predicted molar refractivity (Wildman–Crippen MR) is 70.9 cm³/mol. The lowest BCUT2D eigenvalue weighted by Crippen LogP contribution is -2.31. The van der Waals surface area contributed by atoms with Gasteiger partial charge in [-0.25, -0.2) is 4.98 Å². The van der Waals surface area contributed by atoms with Gasteiger partial charge in [-0.1, -0.05) is 6.42 Å². The van der Waals surface area contributed by atoms with E-state index in [9.17, 15) is 4.79 Å². The van der Waals surface area contributed by atoms with Crippen molar-refractivity contribution in [2.45, 2.75) is 39.5 Å². The Morgan fingerprint density at radius 3 is 2.65 bits per heavy atom. The van der Waals surface area contributed by atoms with Crippen LogP contribution in [0.4, 0.5) is 0 Å². The molecule has 1 saturated heterocycles. The molecule has 17 heavy (non-hydrogen) atoms. The molecule has 0 bridgehead atoms. The standard InChI is InChI=1S/C13H20N2OS/c1-10-13(11(2)16)17-12(14-10)6-9-15-7-4-3-5-8-15/h3-9H2,1-2H3. The fourth-order valence-corrected chi connectivity index (χ4v) is 3.27. The molecule has 3 nitrogen and oxygen atoms in total. The zero-order valence-electron chi connectivity index (χ0n) is 10.7. The largest absolute Gasteiger partial charge is 0.303 e. The molecule has 2 rings (SSSR count). The average molecular weight is 252 g/mol. The van der Waals surface area contributed by atoms with E-state index < -0.39 is 0 Å². The Morgan fingerprint density at radius 1 is 1.35 bits per heavy atom. The third-order valence-electron chi connectivity index (χ3n) is 3.25. The van der Waals surface area contributed by atoms with Crippen molar-refractivity contribution >= 4 is 17.1 Å². The van der Waals surface area contributed by atoms with Crippen LogP contribution in [0, 0.1) is 6.92 Å². The van der Waals surface area contributed by atoms with Crippen molar-refractivity contribution in [2.24, 2.45) is 0 Å². The minimum absolute atomic E-state index is 0.143. The maximum atomic E-state index is 11.3. The molecule has 1 aliphatic rings. The first-order chi connectivity index (χ1) is 8.16. The van der Waals surface area contributed by atoms with Gasteiger partial charge in [0, 0.05) is 19.9 Å². The van der Waals surface area contributed by atoms with Gasteiger partial charge in [0.25, 0.3) is 0 Å². The minimum atomic E-state index is 0.143. The van der Waals surface area contributed by atoms with Crippen LogP contribution in [0.1, 0.15) is 46.6 Å². The molecule has 0 atom stereocenters. The van der Waals surface area contributed by atoms with E-state index in [-0.39, 0.29) is 5.78 Å². The van der Waals surface area contributed by atoms with Gasteiger partial charge >= 0.3 is 0 Å². The van der Waals surface area contributed by atoms with Gasteiger partial charge in [0.15, 0.2) is 5.78 Å². The van der Waals surface area contributed by atoms with Gasteiger partial charge in [0.1, 0.15) is 0 Å². The molecular weight excluding hydrogens is 232 g/mol. The summed E-state index contributed by atoms with van der Waals surface area (Å²) < 4.78 is 0. The summed E-state index contributed by atoms with van der Waals surface area (Å²) >= 11 is 1.57. The molecule has 2 heterocycles. The zero-order chi connectivity index (χ0) is 12.3. The zero-order valence-corrected chi connectivity index (χ0v) is 11.5. The smallest absolute Gasteiger partial charge is 0.171 e. The molecular formula is C13H20N2OS. The van der Waals surface area contributed by atoms with Crippen molar-refractivity contribution in [3.8, 4) is 0 Å². The Balaban J connectivity index is 1.90. The minimum Gasteiger partial charge on any atom is -0.303 e. The number of piperidine rings is 1. The number of ketones is 1. The Morgan fingerprint density at radius 2 is 2.06 bits per heavy atom. The van der Waals surface area contributed by atoms with Crippen molar-refractivity contribution in [1.82, 2.24) is 9.88 Å². The molecule has 94 valence electrons. The SMILES string of the molecule is CC(=O)c1sc(CCN2CCCCC2)nc1C. The van der Waals surface area contributed by atoms with Gasteiger partial charge in [-0.3, -0.25) is 4.79 Å². The fourth-order valence-electron chi connectivity index (χ4n) is 2.32.